The fraction of sp³-hybridized carbons (Fsp3) is 0.273. The molecule has 0 radical (unpaired) electrons. The zero-order valence-corrected chi connectivity index (χ0v) is 10.8. The van der Waals surface area contributed by atoms with Gasteiger partial charge in [0.1, 0.15) is 0 Å². The number of hydrogen-bond donors (Lipinski definition) is 1. The van der Waals surface area contributed by atoms with Crippen LogP contribution >= 0.6 is 15.9 Å². The summed E-state index contributed by atoms with van der Waals surface area (Å²) in [5, 5.41) is 7.40. The van der Waals surface area contributed by atoms with Crippen LogP contribution in [0, 0.1) is 6.92 Å². The molecule has 0 atom stereocenters. The molecule has 16 heavy (non-hydrogen) atoms. The van der Waals surface area contributed by atoms with Gasteiger partial charge in [0.2, 0.25) is 0 Å². The lowest BCUT2D eigenvalue weighted by molar-refractivity contribution is 0.770. The Balaban J connectivity index is 2.47. The van der Waals surface area contributed by atoms with Gasteiger partial charge < -0.3 is 5.32 Å². The number of nitrogens with one attached hydrogen (secondary N) is 1. The van der Waals surface area contributed by atoms with Crippen LogP contribution in [0.5, 0.6) is 0 Å². The quantitative estimate of drug-likeness (QED) is 0.936. The number of hydrogen-bond acceptors (Lipinski definition) is 3. The molecule has 0 fully saturated rings. The van der Waals surface area contributed by atoms with Crippen LogP contribution in [0.25, 0.3) is 5.82 Å². The van der Waals surface area contributed by atoms with Gasteiger partial charge in [0.15, 0.2) is 5.82 Å². The molecule has 2 rings (SSSR count). The van der Waals surface area contributed by atoms with Crippen molar-refractivity contribution in [2.45, 2.75) is 13.5 Å². The molecule has 2 aromatic heterocycles. The summed E-state index contributed by atoms with van der Waals surface area (Å²) in [4.78, 5) is 4.39. The molecule has 2 heterocycles. The molecule has 0 unspecified atom stereocenters. The van der Waals surface area contributed by atoms with E-state index < -0.39 is 0 Å². The monoisotopic (exact) mass is 280 g/mol. The van der Waals surface area contributed by atoms with Gasteiger partial charge in [0, 0.05) is 29.0 Å². The highest BCUT2D eigenvalue weighted by atomic mass is 79.9. The average molecular weight is 281 g/mol. The van der Waals surface area contributed by atoms with Crippen LogP contribution in [0.3, 0.4) is 0 Å². The predicted octanol–water partition coefficient (Wildman–Crippen LogP) is 2.06. The van der Waals surface area contributed by atoms with Crippen molar-refractivity contribution in [3.63, 3.8) is 0 Å². The van der Waals surface area contributed by atoms with Crippen LogP contribution in [0.4, 0.5) is 0 Å². The van der Waals surface area contributed by atoms with Crippen LogP contribution in [0.2, 0.25) is 0 Å². The van der Waals surface area contributed by atoms with E-state index in [0.717, 1.165) is 28.0 Å². The smallest absolute Gasteiger partial charge is 0.157 e. The molecule has 0 saturated heterocycles. The Labute approximate surface area is 103 Å². The first-order chi connectivity index (χ1) is 7.70. The third kappa shape index (κ3) is 2.31. The zero-order chi connectivity index (χ0) is 11.5. The molecule has 0 aliphatic rings. The van der Waals surface area contributed by atoms with E-state index in [1.165, 1.54) is 0 Å². The number of aromatic nitrogens is 3. The molecule has 0 aromatic carbocycles. The lowest BCUT2D eigenvalue weighted by atomic mass is 10.2. The van der Waals surface area contributed by atoms with Crippen molar-refractivity contribution < 1.29 is 0 Å². The highest BCUT2D eigenvalue weighted by Gasteiger charge is 2.07. The van der Waals surface area contributed by atoms with Crippen molar-refractivity contribution in [3.05, 3.63) is 40.3 Å². The molecule has 0 aliphatic carbocycles. The minimum absolute atomic E-state index is 0.765. The highest BCUT2D eigenvalue weighted by molar-refractivity contribution is 9.10. The molecule has 0 amide bonds. The second kappa shape index (κ2) is 4.76. The summed E-state index contributed by atoms with van der Waals surface area (Å²) >= 11 is 3.42. The van der Waals surface area contributed by atoms with Gasteiger partial charge in [0.05, 0.1) is 6.20 Å². The van der Waals surface area contributed by atoms with E-state index in [0.29, 0.717) is 0 Å². The van der Waals surface area contributed by atoms with Crippen LogP contribution in [0.1, 0.15) is 11.1 Å². The van der Waals surface area contributed by atoms with Crippen LogP contribution in [-0.4, -0.2) is 21.8 Å². The fourth-order valence-corrected chi connectivity index (χ4v) is 1.91. The Kier molecular flexibility index (Phi) is 3.36. The Morgan fingerprint density at radius 3 is 2.88 bits per heavy atom. The Hall–Kier alpha value is -1.20. The van der Waals surface area contributed by atoms with Gasteiger partial charge in [-0.05, 0) is 41.5 Å². The van der Waals surface area contributed by atoms with Crippen LogP contribution in [0.15, 0.2) is 29.1 Å². The number of aryl methyl sites for hydroxylation is 1. The van der Waals surface area contributed by atoms with Gasteiger partial charge in [-0.2, -0.15) is 5.10 Å². The van der Waals surface area contributed by atoms with E-state index >= 15 is 0 Å². The zero-order valence-electron chi connectivity index (χ0n) is 9.24. The van der Waals surface area contributed by atoms with Crippen molar-refractivity contribution in [1.82, 2.24) is 20.1 Å². The van der Waals surface area contributed by atoms with Crippen LogP contribution in [-0.2, 0) is 6.54 Å². The first-order valence-corrected chi connectivity index (χ1v) is 5.80. The van der Waals surface area contributed by atoms with E-state index in [4.69, 9.17) is 0 Å². The number of halogens is 1. The Bertz CT molecular complexity index is 492. The molecule has 5 heteroatoms. The molecule has 0 aliphatic heterocycles. The third-order valence-corrected chi connectivity index (χ3v) is 2.64. The summed E-state index contributed by atoms with van der Waals surface area (Å²) in [6, 6.07) is 2.05. The third-order valence-electron chi connectivity index (χ3n) is 2.21. The molecular formula is C11H13BrN4. The molecular weight excluding hydrogens is 268 g/mol. The van der Waals surface area contributed by atoms with Crippen LogP contribution < -0.4 is 5.32 Å². The maximum absolute atomic E-state index is 4.39. The molecule has 1 N–H and O–H groups in total. The molecule has 0 saturated carbocycles. The first kappa shape index (κ1) is 11.3. The van der Waals surface area contributed by atoms with E-state index in [-0.39, 0.29) is 0 Å². The molecule has 4 nitrogen and oxygen atoms in total. The Morgan fingerprint density at radius 1 is 1.44 bits per heavy atom. The molecule has 84 valence electrons. The summed E-state index contributed by atoms with van der Waals surface area (Å²) < 4.78 is 2.78. The number of nitrogens with zero attached hydrogens (tertiary/aromatic N) is 3. The van der Waals surface area contributed by atoms with Gasteiger partial charge in [0.25, 0.3) is 0 Å². The first-order valence-electron chi connectivity index (χ1n) is 5.01. The minimum atomic E-state index is 0.765. The second-order valence-electron chi connectivity index (χ2n) is 3.63. The topological polar surface area (TPSA) is 42.7 Å². The highest BCUT2D eigenvalue weighted by Crippen LogP contribution is 2.17. The molecule has 0 spiro atoms. The van der Waals surface area contributed by atoms with E-state index in [9.17, 15) is 0 Å². The van der Waals surface area contributed by atoms with Crippen molar-refractivity contribution in [2.75, 3.05) is 7.05 Å². The number of rotatable bonds is 3. The van der Waals surface area contributed by atoms with Crippen molar-refractivity contribution >= 4 is 15.9 Å². The van der Waals surface area contributed by atoms with Gasteiger partial charge >= 0.3 is 0 Å². The van der Waals surface area contributed by atoms with Gasteiger partial charge in [-0.25, -0.2) is 9.67 Å². The summed E-state index contributed by atoms with van der Waals surface area (Å²) in [5.41, 5.74) is 2.24. The van der Waals surface area contributed by atoms with E-state index in [1.807, 2.05) is 26.4 Å². The SMILES string of the molecule is CNCc1cc(Br)cnc1-n1cc(C)cn1. The van der Waals surface area contributed by atoms with E-state index in [1.54, 1.807) is 10.9 Å². The fourth-order valence-electron chi connectivity index (χ4n) is 1.53. The minimum Gasteiger partial charge on any atom is -0.316 e. The summed E-state index contributed by atoms with van der Waals surface area (Å²) in [7, 11) is 1.92. The number of pyridine rings is 1. The lowest BCUT2D eigenvalue weighted by Crippen LogP contribution is -2.11. The standard InChI is InChI=1S/C11H13BrN4/c1-8-4-15-16(7-8)11-9(5-13-2)3-10(12)6-14-11/h3-4,6-7,13H,5H2,1-2H3. The Morgan fingerprint density at radius 2 is 2.25 bits per heavy atom. The maximum atomic E-state index is 4.39. The normalized spacial score (nSPS) is 10.7. The lowest BCUT2D eigenvalue weighted by Gasteiger charge is -2.08. The van der Waals surface area contributed by atoms with Gasteiger partial charge in [-0.1, -0.05) is 0 Å². The molecule has 0 bridgehead atoms. The van der Waals surface area contributed by atoms with Gasteiger partial charge in [-0.15, -0.1) is 0 Å². The summed E-state index contributed by atoms with van der Waals surface area (Å²) in [6.07, 6.45) is 5.58. The average Bonchev–Trinajstić information content (AvgIpc) is 2.65. The van der Waals surface area contributed by atoms with Crippen molar-refractivity contribution in [1.29, 1.82) is 0 Å². The second-order valence-corrected chi connectivity index (χ2v) is 4.54. The largest absolute Gasteiger partial charge is 0.316 e. The summed E-state index contributed by atoms with van der Waals surface area (Å²) in [5.74, 6) is 0.866. The predicted molar refractivity (Wildman–Crippen MR) is 66.6 cm³/mol. The molecule has 2 aromatic rings. The summed E-state index contributed by atoms with van der Waals surface area (Å²) in [6.45, 7) is 2.78. The van der Waals surface area contributed by atoms with Crippen molar-refractivity contribution in [3.8, 4) is 5.82 Å². The maximum Gasteiger partial charge on any atom is 0.157 e. The van der Waals surface area contributed by atoms with Crippen molar-refractivity contribution in [2.24, 2.45) is 0 Å². The van der Waals surface area contributed by atoms with Gasteiger partial charge in [-0.3, -0.25) is 0 Å². The van der Waals surface area contributed by atoms with E-state index in [2.05, 4.69) is 37.4 Å².